The first-order valence-corrected chi connectivity index (χ1v) is 8.76. The van der Waals surface area contributed by atoms with Gasteiger partial charge >= 0.3 is 5.97 Å². The second-order valence-corrected chi connectivity index (χ2v) is 6.44. The molecule has 1 amide bonds. The average molecular weight is 351 g/mol. The monoisotopic (exact) mass is 351 g/mol. The maximum absolute atomic E-state index is 12.9. The van der Waals surface area contributed by atoms with Crippen LogP contribution in [0.2, 0.25) is 0 Å². The van der Waals surface area contributed by atoms with Gasteiger partial charge in [-0.25, -0.2) is 4.79 Å². The van der Waals surface area contributed by atoms with Crippen molar-refractivity contribution in [3.8, 4) is 11.1 Å². The molecule has 0 bridgehead atoms. The van der Waals surface area contributed by atoms with Crippen LogP contribution in [-0.2, 0) is 14.4 Å². The topological polar surface area (TPSA) is 83.5 Å². The lowest BCUT2D eigenvalue weighted by Crippen LogP contribution is -2.43. The molecule has 3 rings (SSSR count). The number of benzene rings is 2. The molecule has 0 unspecified atom stereocenters. The van der Waals surface area contributed by atoms with Crippen LogP contribution in [0.3, 0.4) is 0 Å². The number of carboxylic acid groups (broad SMARTS) is 1. The van der Waals surface area contributed by atoms with Crippen LogP contribution >= 0.6 is 0 Å². The van der Waals surface area contributed by atoms with Crippen molar-refractivity contribution < 1.29 is 19.5 Å². The van der Waals surface area contributed by atoms with E-state index >= 15 is 0 Å². The number of rotatable bonds is 7. The summed E-state index contributed by atoms with van der Waals surface area (Å²) in [6.45, 7) is 1.74. The molecule has 2 aromatic rings. The number of fused-ring (bicyclic) bond motifs is 3. The highest BCUT2D eigenvalue weighted by molar-refractivity contribution is 5.97. The molecule has 2 aromatic carbocycles. The summed E-state index contributed by atoms with van der Waals surface area (Å²) >= 11 is 0. The third-order valence-electron chi connectivity index (χ3n) is 4.82. The van der Waals surface area contributed by atoms with E-state index in [1.807, 2.05) is 48.5 Å². The molecule has 0 fully saturated rings. The van der Waals surface area contributed by atoms with Crippen LogP contribution in [0.1, 0.15) is 43.2 Å². The fourth-order valence-corrected chi connectivity index (χ4v) is 3.43. The van der Waals surface area contributed by atoms with Gasteiger partial charge in [-0.05, 0) is 28.7 Å². The fraction of sp³-hybridized carbons (Fsp3) is 0.286. The number of carbonyl (C=O) groups excluding carboxylic acids is 2. The van der Waals surface area contributed by atoms with Gasteiger partial charge in [-0.1, -0.05) is 55.5 Å². The molecule has 5 nitrogen and oxygen atoms in total. The summed E-state index contributed by atoms with van der Waals surface area (Å²) < 4.78 is 0. The summed E-state index contributed by atoms with van der Waals surface area (Å²) in [7, 11) is 0. The first-order chi connectivity index (χ1) is 12.5. The Morgan fingerprint density at radius 3 is 2.04 bits per heavy atom. The van der Waals surface area contributed by atoms with Gasteiger partial charge in [0.25, 0.3) is 0 Å². The summed E-state index contributed by atoms with van der Waals surface area (Å²) in [4.78, 5) is 36.0. The molecule has 26 heavy (non-hydrogen) atoms. The fourth-order valence-electron chi connectivity index (χ4n) is 3.43. The van der Waals surface area contributed by atoms with Gasteiger partial charge < -0.3 is 10.4 Å². The number of Topliss-reactive ketones (excluding diaryl/α,β-unsaturated/α-hetero) is 1. The largest absolute Gasteiger partial charge is 0.480 e. The molecule has 0 saturated heterocycles. The Balaban J connectivity index is 1.85. The van der Waals surface area contributed by atoms with Crippen molar-refractivity contribution in [2.24, 2.45) is 0 Å². The lowest BCUT2D eigenvalue weighted by Gasteiger charge is -2.18. The van der Waals surface area contributed by atoms with Gasteiger partial charge in [-0.2, -0.15) is 0 Å². The summed E-state index contributed by atoms with van der Waals surface area (Å²) in [5, 5.41) is 12.0. The molecule has 0 aromatic heterocycles. The molecule has 0 saturated carbocycles. The van der Waals surface area contributed by atoms with E-state index in [4.69, 9.17) is 0 Å². The molecule has 134 valence electrons. The number of carboxylic acids is 1. The van der Waals surface area contributed by atoms with Crippen molar-refractivity contribution in [3.05, 3.63) is 59.7 Å². The first-order valence-electron chi connectivity index (χ1n) is 8.76. The van der Waals surface area contributed by atoms with Crippen molar-refractivity contribution in [2.75, 3.05) is 0 Å². The summed E-state index contributed by atoms with van der Waals surface area (Å²) in [5.41, 5.74) is 3.74. The molecule has 1 aliphatic rings. The standard InChI is InChI=1S/C21H21NO4/c1-2-13(23)11-12-18(21(25)26)22-20(24)19-16-9-5-3-7-14(16)15-8-4-6-10-17(15)19/h3-10,18-19H,2,11-12H2,1H3,(H,22,24)(H,25,26)/t18-/m1/s1. The summed E-state index contributed by atoms with van der Waals surface area (Å²) in [5.74, 6) is -2.02. The quantitative estimate of drug-likeness (QED) is 0.803. The van der Waals surface area contributed by atoms with Crippen molar-refractivity contribution in [1.82, 2.24) is 5.32 Å². The lowest BCUT2D eigenvalue weighted by molar-refractivity contribution is -0.142. The molecule has 0 heterocycles. The Morgan fingerprint density at radius 1 is 1.00 bits per heavy atom. The van der Waals surface area contributed by atoms with Gasteiger partial charge in [0.15, 0.2) is 0 Å². The minimum absolute atomic E-state index is 0.0120. The van der Waals surface area contributed by atoms with Crippen LogP contribution < -0.4 is 5.32 Å². The smallest absolute Gasteiger partial charge is 0.326 e. The van der Waals surface area contributed by atoms with Crippen molar-refractivity contribution in [3.63, 3.8) is 0 Å². The van der Waals surface area contributed by atoms with Crippen molar-refractivity contribution in [1.29, 1.82) is 0 Å². The van der Waals surface area contributed by atoms with Gasteiger partial charge in [0.05, 0.1) is 5.92 Å². The number of hydrogen-bond acceptors (Lipinski definition) is 3. The van der Waals surface area contributed by atoms with Gasteiger partial charge in [0.2, 0.25) is 5.91 Å². The van der Waals surface area contributed by atoms with Crippen LogP contribution in [0, 0.1) is 0 Å². The Labute approximate surface area is 152 Å². The zero-order chi connectivity index (χ0) is 18.7. The van der Waals surface area contributed by atoms with Crippen LogP contribution in [0.15, 0.2) is 48.5 Å². The highest BCUT2D eigenvalue weighted by Gasteiger charge is 2.35. The Hall–Kier alpha value is -2.95. The van der Waals surface area contributed by atoms with Crippen LogP contribution in [0.4, 0.5) is 0 Å². The van der Waals surface area contributed by atoms with E-state index in [0.717, 1.165) is 22.3 Å². The normalized spacial score (nSPS) is 13.6. The van der Waals surface area contributed by atoms with Gasteiger partial charge in [0.1, 0.15) is 11.8 Å². The maximum Gasteiger partial charge on any atom is 0.326 e. The maximum atomic E-state index is 12.9. The van der Waals surface area contributed by atoms with Crippen molar-refractivity contribution >= 4 is 17.7 Å². The zero-order valence-electron chi connectivity index (χ0n) is 14.6. The van der Waals surface area contributed by atoms with E-state index in [9.17, 15) is 19.5 Å². The molecule has 5 heteroatoms. The zero-order valence-corrected chi connectivity index (χ0v) is 14.6. The number of hydrogen-bond donors (Lipinski definition) is 2. The van der Waals surface area contributed by atoms with E-state index in [-0.39, 0.29) is 24.5 Å². The molecule has 2 N–H and O–H groups in total. The van der Waals surface area contributed by atoms with E-state index < -0.39 is 17.9 Å². The molecular weight excluding hydrogens is 330 g/mol. The van der Waals surface area contributed by atoms with E-state index in [0.29, 0.717) is 6.42 Å². The number of ketones is 1. The number of aliphatic carboxylic acids is 1. The lowest BCUT2D eigenvalue weighted by atomic mass is 9.95. The second-order valence-electron chi connectivity index (χ2n) is 6.44. The average Bonchev–Trinajstić information content (AvgIpc) is 2.99. The van der Waals surface area contributed by atoms with Gasteiger partial charge in [0, 0.05) is 12.8 Å². The van der Waals surface area contributed by atoms with E-state index in [1.54, 1.807) is 6.92 Å². The Kier molecular flexibility index (Phi) is 5.16. The number of nitrogens with one attached hydrogen (secondary N) is 1. The molecule has 0 radical (unpaired) electrons. The van der Waals surface area contributed by atoms with Crippen LogP contribution in [0.25, 0.3) is 11.1 Å². The van der Waals surface area contributed by atoms with Crippen LogP contribution in [-0.4, -0.2) is 28.8 Å². The highest BCUT2D eigenvalue weighted by atomic mass is 16.4. The third-order valence-corrected chi connectivity index (χ3v) is 4.82. The van der Waals surface area contributed by atoms with Gasteiger partial charge in [-0.15, -0.1) is 0 Å². The molecule has 1 atom stereocenters. The Morgan fingerprint density at radius 2 is 1.54 bits per heavy atom. The molecular formula is C21H21NO4. The second kappa shape index (κ2) is 7.52. The first kappa shape index (κ1) is 17.9. The predicted molar refractivity (Wildman–Crippen MR) is 97.8 cm³/mol. The molecule has 0 aliphatic heterocycles. The predicted octanol–water partition coefficient (Wildman–Crippen LogP) is 3.13. The SMILES string of the molecule is CCC(=O)CC[C@@H](NC(=O)C1c2ccccc2-c2ccccc21)C(=O)O. The van der Waals surface area contributed by atoms with Crippen molar-refractivity contribution in [2.45, 2.75) is 38.1 Å². The number of carbonyl (C=O) groups is 3. The Bertz CT molecular complexity index is 813. The third kappa shape index (κ3) is 3.38. The molecule has 1 aliphatic carbocycles. The van der Waals surface area contributed by atoms with E-state index in [2.05, 4.69) is 5.32 Å². The number of amides is 1. The summed E-state index contributed by atoms with van der Waals surface area (Å²) in [6.07, 6.45) is 0.610. The minimum Gasteiger partial charge on any atom is -0.480 e. The summed E-state index contributed by atoms with van der Waals surface area (Å²) in [6, 6.07) is 14.3. The van der Waals surface area contributed by atoms with E-state index in [1.165, 1.54) is 0 Å². The van der Waals surface area contributed by atoms with Gasteiger partial charge in [-0.3, -0.25) is 9.59 Å². The molecule has 0 spiro atoms. The highest BCUT2D eigenvalue weighted by Crippen LogP contribution is 2.44. The minimum atomic E-state index is -1.12. The van der Waals surface area contributed by atoms with Crippen LogP contribution in [0.5, 0.6) is 0 Å².